The Labute approximate surface area is 171 Å². The molecule has 1 amide bonds. The summed E-state index contributed by atoms with van der Waals surface area (Å²) < 4.78 is 5.71. The van der Waals surface area contributed by atoms with Crippen molar-refractivity contribution in [1.29, 1.82) is 0 Å². The van der Waals surface area contributed by atoms with E-state index < -0.39 is 0 Å². The molecule has 3 aliphatic rings. The van der Waals surface area contributed by atoms with Gasteiger partial charge in [-0.25, -0.2) is 0 Å². The third-order valence-electron chi connectivity index (χ3n) is 7.01. The number of thiophene rings is 1. The van der Waals surface area contributed by atoms with Gasteiger partial charge in [-0.1, -0.05) is 30.3 Å². The summed E-state index contributed by atoms with van der Waals surface area (Å²) in [4.78, 5) is 18.1. The number of amides is 1. The number of hydrogen-bond donors (Lipinski definition) is 0. The van der Waals surface area contributed by atoms with E-state index in [0.717, 1.165) is 57.8 Å². The third-order valence-corrected chi connectivity index (χ3v) is 7.74. The van der Waals surface area contributed by atoms with Crippen molar-refractivity contribution >= 4 is 17.2 Å². The predicted molar refractivity (Wildman–Crippen MR) is 111 cm³/mol. The molecular weight excluding hydrogens is 368 g/mol. The lowest BCUT2D eigenvalue weighted by Gasteiger charge is -2.45. The van der Waals surface area contributed by atoms with Crippen LogP contribution in [0.15, 0.2) is 47.2 Å². The Balaban J connectivity index is 1.34. The number of carbonyl (C=O) groups is 1. The molecule has 1 aromatic heterocycles. The minimum atomic E-state index is 0.00145. The van der Waals surface area contributed by atoms with Crippen LogP contribution in [0.25, 0.3) is 0 Å². The second kappa shape index (κ2) is 7.62. The van der Waals surface area contributed by atoms with Gasteiger partial charge in [0.25, 0.3) is 0 Å². The van der Waals surface area contributed by atoms with Crippen molar-refractivity contribution < 1.29 is 9.53 Å². The molecule has 2 aromatic rings. The minimum Gasteiger partial charge on any atom is -0.381 e. The summed E-state index contributed by atoms with van der Waals surface area (Å²) in [5, 5.41) is 4.17. The lowest BCUT2D eigenvalue weighted by Crippen LogP contribution is -2.55. The van der Waals surface area contributed by atoms with E-state index in [9.17, 15) is 4.79 Å². The van der Waals surface area contributed by atoms with Crippen molar-refractivity contribution in [3.63, 3.8) is 0 Å². The van der Waals surface area contributed by atoms with Gasteiger partial charge in [-0.3, -0.25) is 9.69 Å². The van der Waals surface area contributed by atoms with Crippen LogP contribution in [0.4, 0.5) is 0 Å². The van der Waals surface area contributed by atoms with Gasteiger partial charge in [-0.15, -0.1) is 0 Å². The molecule has 1 spiro atoms. The van der Waals surface area contributed by atoms with E-state index in [1.54, 1.807) is 11.3 Å². The van der Waals surface area contributed by atoms with Gasteiger partial charge >= 0.3 is 0 Å². The van der Waals surface area contributed by atoms with E-state index in [-0.39, 0.29) is 5.54 Å². The smallest absolute Gasteiger partial charge is 0.227 e. The molecule has 5 heteroatoms. The van der Waals surface area contributed by atoms with Crippen LogP contribution in [0.1, 0.15) is 24.0 Å². The van der Waals surface area contributed by atoms with E-state index in [0.29, 0.717) is 24.2 Å². The number of carbonyl (C=O) groups excluding carboxylic acids is 1. The maximum atomic E-state index is 13.3. The molecule has 1 aromatic carbocycles. The van der Waals surface area contributed by atoms with E-state index >= 15 is 0 Å². The highest BCUT2D eigenvalue weighted by Gasteiger charge is 2.58. The van der Waals surface area contributed by atoms with Crippen molar-refractivity contribution in [3.05, 3.63) is 58.3 Å². The molecule has 3 aliphatic heterocycles. The summed E-state index contributed by atoms with van der Waals surface area (Å²) in [5.41, 5.74) is 2.54. The number of likely N-dealkylation sites (tertiary alicyclic amines) is 2. The zero-order chi connectivity index (χ0) is 19.0. The summed E-state index contributed by atoms with van der Waals surface area (Å²) >= 11 is 1.67. The Morgan fingerprint density at radius 2 is 1.89 bits per heavy atom. The fraction of sp³-hybridized carbons (Fsp3) is 0.522. The summed E-state index contributed by atoms with van der Waals surface area (Å²) in [6.45, 7) is 5.70. The van der Waals surface area contributed by atoms with E-state index in [1.807, 2.05) is 0 Å². The molecule has 148 valence electrons. The topological polar surface area (TPSA) is 32.8 Å². The average Bonchev–Trinajstić information content (AvgIpc) is 3.42. The molecule has 0 bridgehead atoms. The first kappa shape index (κ1) is 18.3. The van der Waals surface area contributed by atoms with Crippen molar-refractivity contribution in [2.75, 3.05) is 32.8 Å². The summed E-state index contributed by atoms with van der Waals surface area (Å²) in [5.74, 6) is 1.48. The lowest BCUT2D eigenvalue weighted by molar-refractivity contribution is -0.140. The van der Waals surface area contributed by atoms with Gasteiger partial charge in [-0.05, 0) is 46.7 Å². The maximum absolute atomic E-state index is 13.3. The van der Waals surface area contributed by atoms with Crippen molar-refractivity contribution in [2.24, 2.45) is 11.8 Å². The monoisotopic (exact) mass is 396 g/mol. The highest BCUT2D eigenvalue weighted by molar-refractivity contribution is 7.08. The van der Waals surface area contributed by atoms with Crippen LogP contribution in [0.3, 0.4) is 0 Å². The van der Waals surface area contributed by atoms with Gasteiger partial charge in [0.1, 0.15) is 0 Å². The summed E-state index contributed by atoms with van der Waals surface area (Å²) in [7, 11) is 0. The van der Waals surface area contributed by atoms with Crippen LogP contribution in [0.2, 0.25) is 0 Å². The summed E-state index contributed by atoms with van der Waals surface area (Å²) in [6.07, 6.45) is 2.52. The van der Waals surface area contributed by atoms with Gasteiger partial charge in [-0.2, -0.15) is 11.3 Å². The van der Waals surface area contributed by atoms with Crippen molar-refractivity contribution in [3.8, 4) is 0 Å². The normalized spacial score (nSPS) is 26.6. The molecule has 28 heavy (non-hydrogen) atoms. The number of hydrogen-bond acceptors (Lipinski definition) is 4. The average molecular weight is 397 g/mol. The largest absolute Gasteiger partial charge is 0.381 e. The Morgan fingerprint density at radius 1 is 1.07 bits per heavy atom. The number of ether oxygens (including phenoxy) is 1. The Hall–Kier alpha value is -1.69. The quantitative estimate of drug-likeness (QED) is 0.794. The van der Waals surface area contributed by atoms with Crippen molar-refractivity contribution in [1.82, 2.24) is 9.80 Å². The Morgan fingerprint density at radius 3 is 2.64 bits per heavy atom. The predicted octanol–water partition coefficient (Wildman–Crippen LogP) is 3.43. The number of rotatable bonds is 4. The number of fused-ring (bicyclic) bond motifs is 2. The van der Waals surface area contributed by atoms with Crippen LogP contribution < -0.4 is 0 Å². The first-order valence-corrected chi connectivity index (χ1v) is 11.3. The van der Waals surface area contributed by atoms with E-state index in [4.69, 9.17) is 4.74 Å². The van der Waals surface area contributed by atoms with Crippen LogP contribution in [0.5, 0.6) is 0 Å². The van der Waals surface area contributed by atoms with Crippen LogP contribution in [-0.2, 0) is 22.5 Å². The lowest BCUT2D eigenvalue weighted by atomic mass is 9.76. The molecule has 0 radical (unpaired) electrons. The molecule has 0 saturated carbocycles. The molecule has 0 N–H and O–H groups in total. The molecule has 2 atom stereocenters. The molecular formula is C23H28N2O2S. The minimum absolute atomic E-state index is 0.00145. The third kappa shape index (κ3) is 3.30. The molecule has 3 fully saturated rings. The highest BCUT2D eigenvalue weighted by Crippen LogP contribution is 2.49. The first-order valence-electron chi connectivity index (χ1n) is 10.4. The molecule has 5 rings (SSSR count). The van der Waals surface area contributed by atoms with Crippen LogP contribution >= 0.6 is 11.3 Å². The fourth-order valence-corrected chi connectivity index (χ4v) is 6.39. The fourth-order valence-electron chi connectivity index (χ4n) is 5.72. The Kier molecular flexibility index (Phi) is 4.99. The molecule has 2 unspecified atom stereocenters. The number of nitrogens with zero attached hydrogens (tertiary/aromatic N) is 2. The van der Waals surface area contributed by atoms with Crippen molar-refractivity contribution in [2.45, 2.75) is 31.3 Å². The molecule has 4 nitrogen and oxygen atoms in total. The Bertz CT molecular complexity index is 801. The van der Waals surface area contributed by atoms with Gasteiger partial charge in [0.2, 0.25) is 5.91 Å². The van der Waals surface area contributed by atoms with E-state index in [1.165, 1.54) is 5.56 Å². The number of benzene rings is 1. The highest BCUT2D eigenvalue weighted by atomic mass is 32.1. The van der Waals surface area contributed by atoms with Gasteiger partial charge in [0.05, 0.1) is 12.0 Å². The van der Waals surface area contributed by atoms with Gasteiger partial charge in [0, 0.05) is 45.3 Å². The summed E-state index contributed by atoms with van der Waals surface area (Å²) in [6, 6.07) is 12.8. The zero-order valence-electron chi connectivity index (χ0n) is 16.3. The van der Waals surface area contributed by atoms with Gasteiger partial charge < -0.3 is 9.64 Å². The standard InChI is InChI=1S/C23H28N2O2S/c26-22(12-19-6-11-28-17-19)25-15-20-14-24(13-18-4-2-1-3-5-18)16-21(20)23(25)7-9-27-10-8-23/h1-6,11,17,20-21H,7-10,12-16H2. The maximum Gasteiger partial charge on any atom is 0.227 e. The van der Waals surface area contributed by atoms with Crippen LogP contribution in [0, 0.1) is 11.8 Å². The molecule has 4 heterocycles. The zero-order valence-corrected chi connectivity index (χ0v) is 17.1. The van der Waals surface area contributed by atoms with Crippen LogP contribution in [-0.4, -0.2) is 54.1 Å². The second-order valence-electron chi connectivity index (χ2n) is 8.57. The SMILES string of the molecule is O=C(Cc1ccsc1)N1CC2CN(Cc3ccccc3)CC2C12CCOCC2. The van der Waals surface area contributed by atoms with E-state index in [2.05, 4.69) is 57.0 Å². The molecule has 0 aliphatic carbocycles. The second-order valence-corrected chi connectivity index (χ2v) is 9.35. The molecule has 3 saturated heterocycles. The first-order chi connectivity index (χ1) is 13.7. The van der Waals surface area contributed by atoms with Gasteiger partial charge in [0.15, 0.2) is 0 Å².